The summed E-state index contributed by atoms with van der Waals surface area (Å²) in [4.78, 5) is 11.1. The number of hydrogen-bond acceptors (Lipinski definition) is 2. The van der Waals surface area contributed by atoms with Gasteiger partial charge < -0.3 is 5.11 Å². The summed E-state index contributed by atoms with van der Waals surface area (Å²) in [7, 11) is 0. The fraction of sp³-hybridized carbons (Fsp3) is 0.125. The van der Waals surface area contributed by atoms with Crippen LogP contribution in [-0.2, 0) is 0 Å². The second-order valence-corrected chi connectivity index (χ2v) is 2.34. The van der Waals surface area contributed by atoms with E-state index in [1.54, 1.807) is 18.2 Å². The van der Waals surface area contributed by atoms with Crippen molar-refractivity contribution in [1.82, 2.24) is 0 Å². The number of hydrogen-bond donors (Lipinski definition) is 1. The third-order valence-corrected chi connectivity index (χ3v) is 1.39. The van der Waals surface area contributed by atoms with Gasteiger partial charge in [-0.25, -0.2) is 0 Å². The van der Waals surface area contributed by atoms with Gasteiger partial charge in [0.05, 0.1) is 1.37 Å². The first-order chi connectivity index (χ1) is 5.52. The maximum atomic E-state index is 11.1. The third-order valence-electron chi connectivity index (χ3n) is 1.22. The molecule has 1 aromatic carbocycles. The highest BCUT2D eigenvalue weighted by atomic mass is 35.5. The smallest absolute Gasteiger partial charge is 0.206 e. The molecule has 1 aromatic rings. The van der Waals surface area contributed by atoms with Gasteiger partial charge in [-0.3, -0.25) is 4.79 Å². The summed E-state index contributed by atoms with van der Waals surface area (Å²) < 4.78 is 6.85. The first-order valence-corrected chi connectivity index (χ1v) is 3.41. The molecule has 1 rings (SSSR count). The van der Waals surface area contributed by atoms with Gasteiger partial charge in [0.15, 0.2) is 5.54 Å². The van der Waals surface area contributed by atoms with Crippen LogP contribution in [0.5, 0.6) is 0 Å². The molecule has 0 saturated carbocycles. The van der Waals surface area contributed by atoms with E-state index in [2.05, 4.69) is 0 Å². The van der Waals surface area contributed by atoms with Crippen LogP contribution >= 0.6 is 11.6 Å². The third kappa shape index (κ3) is 2.03. The van der Waals surface area contributed by atoms with Crippen molar-refractivity contribution < 1.29 is 11.3 Å². The minimum Gasteiger partial charge on any atom is -0.371 e. The SMILES string of the molecule is [2H]C(O)(Cl)C(=O)c1ccccc1. The summed E-state index contributed by atoms with van der Waals surface area (Å²) in [6.07, 6.45) is 0. The van der Waals surface area contributed by atoms with Crippen LogP contribution in [0.4, 0.5) is 0 Å². The van der Waals surface area contributed by atoms with E-state index in [1.165, 1.54) is 12.1 Å². The summed E-state index contributed by atoms with van der Waals surface area (Å²) in [5, 5.41) is 8.82. The lowest BCUT2D eigenvalue weighted by molar-refractivity contribution is 0.0860. The molecule has 0 saturated heterocycles. The molecule has 0 aliphatic carbocycles. The minimum absolute atomic E-state index is 0.227. The van der Waals surface area contributed by atoms with Gasteiger partial charge in [0.25, 0.3) is 0 Å². The molecule has 0 radical (unpaired) electrons. The van der Waals surface area contributed by atoms with E-state index in [-0.39, 0.29) is 5.56 Å². The van der Waals surface area contributed by atoms with Gasteiger partial charge in [-0.2, -0.15) is 0 Å². The molecule has 0 spiro atoms. The van der Waals surface area contributed by atoms with Crippen LogP contribution in [0.15, 0.2) is 30.3 Å². The number of benzene rings is 1. The van der Waals surface area contributed by atoms with E-state index < -0.39 is 11.3 Å². The minimum atomic E-state index is -2.55. The lowest BCUT2D eigenvalue weighted by Crippen LogP contribution is -2.12. The van der Waals surface area contributed by atoms with E-state index >= 15 is 0 Å². The van der Waals surface area contributed by atoms with E-state index in [4.69, 9.17) is 18.1 Å². The Morgan fingerprint density at radius 2 is 2.09 bits per heavy atom. The Hall–Kier alpha value is -0.860. The molecule has 0 amide bonds. The van der Waals surface area contributed by atoms with Gasteiger partial charge in [0, 0.05) is 5.56 Å². The number of carbonyl (C=O) groups is 1. The Morgan fingerprint density at radius 1 is 1.55 bits per heavy atom. The highest BCUT2D eigenvalue weighted by Gasteiger charge is 2.12. The molecule has 0 bridgehead atoms. The van der Waals surface area contributed by atoms with Crippen molar-refractivity contribution in [3.05, 3.63) is 35.9 Å². The summed E-state index contributed by atoms with van der Waals surface area (Å²) in [6.45, 7) is 0. The fourth-order valence-electron chi connectivity index (χ4n) is 0.709. The highest BCUT2D eigenvalue weighted by molar-refractivity contribution is 6.32. The number of carbonyl (C=O) groups excluding carboxylic acids is 1. The predicted octanol–water partition coefficient (Wildman–Crippen LogP) is 1.43. The lowest BCUT2D eigenvalue weighted by Gasteiger charge is -1.99. The molecule has 2 nitrogen and oxygen atoms in total. The summed E-state index contributed by atoms with van der Waals surface area (Å²) >= 11 is 5.09. The Balaban J connectivity index is 2.94. The number of aliphatic hydroxyl groups is 1. The first kappa shape index (κ1) is 6.83. The highest BCUT2D eigenvalue weighted by Crippen LogP contribution is 2.05. The first-order valence-electron chi connectivity index (χ1n) is 3.53. The van der Waals surface area contributed by atoms with Crippen molar-refractivity contribution in [2.24, 2.45) is 0 Å². The lowest BCUT2D eigenvalue weighted by atomic mass is 10.1. The van der Waals surface area contributed by atoms with Crippen LogP contribution < -0.4 is 0 Å². The van der Waals surface area contributed by atoms with Gasteiger partial charge in [0.2, 0.25) is 5.78 Å². The Labute approximate surface area is 70.8 Å². The zero-order valence-corrected chi connectivity index (χ0v) is 6.38. The van der Waals surface area contributed by atoms with Crippen LogP contribution in [-0.4, -0.2) is 16.4 Å². The van der Waals surface area contributed by atoms with Gasteiger partial charge in [-0.05, 0) is 0 Å². The van der Waals surface area contributed by atoms with Crippen molar-refractivity contribution in [2.45, 2.75) is 5.54 Å². The number of alkyl halides is 1. The standard InChI is InChI=1S/C8H7ClO2/c9-8(11)7(10)6-4-2-1-3-5-6/h1-5,8,11H/i8D. The van der Waals surface area contributed by atoms with Crippen molar-refractivity contribution in [3.63, 3.8) is 0 Å². The summed E-state index contributed by atoms with van der Waals surface area (Å²) in [6, 6.07) is 7.98. The number of rotatable bonds is 2. The quantitative estimate of drug-likeness (QED) is 0.540. The van der Waals surface area contributed by atoms with E-state index in [9.17, 15) is 4.79 Å². The zero-order valence-electron chi connectivity index (χ0n) is 6.62. The number of halogens is 1. The van der Waals surface area contributed by atoms with Crippen LogP contribution in [0.2, 0.25) is 0 Å². The normalized spacial score (nSPS) is 16.7. The zero-order chi connectivity index (χ0) is 9.19. The van der Waals surface area contributed by atoms with Crippen LogP contribution in [0.1, 0.15) is 11.7 Å². The average Bonchev–Trinajstić information content (AvgIpc) is 2.03. The number of Topliss-reactive ketones (excluding diaryl/α,β-unsaturated/α-hetero) is 1. The molecule has 1 unspecified atom stereocenters. The molecule has 1 N–H and O–H groups in total. The topological polar surface area (TPSA) is 37.3 Å². The second kappa shape index (κ2) is 3.51. The van der Waals surface area contributed by atoms with E-state index in [0.29, 0.717) is 0 Å². The van der Waals surface area contributed by atoms with Gasteiger partial charge in [-0.15, -0.1) is 0 Å². The molecular formula is C8H7ClO2. The van der Waals surface area contributed by atoms with Crippen molar-refractivity contribution in [1.29, 1.82) is 0 Å². The van der Waals surface area contributed by atoms with E-state index in [0.717, 1.165) is 0 Å². The fourth-order valence-corrected chi connectivity index (χ4v) is 0.818. The van der Waals surface area contributed by atoms with Crippen LogP contribution in [0, 0.1) is 0 Å². The molecule has 1 atom stereocenters. The molecule has 58 valence electrons. The molecule has 11 heavy (non-hydrogen) atoms. The van der Waals surface area contributed by atoms with Crippen molar-refractivity contribution >= 4 is 17.4 Å². The Morgan fingerprint density at radius 3 is 2.55 bits per heavy atom. The van der Waals surface area contributed by atoms with Crippen LogP contribution in [0.25, 0.3) is 0 Å². The molecule has 0 fully saturated rings. The molecule has 0 aromatic heterocycles. The maximum absolute atomic E-state index is 11.1. The monoisotopic (exact) mass is 171 g/mol. The molecule has 0 aliphatic heterocycles. The maximum Gasteiger partial charge on any atom is 0.206 e. The van der Waals surface area contributed by atoms with Gasteiger partial charge >= 0.3 is 0 Å². The Bertz CT molecular complexity index is 279. The second-order valence-electron chi connectivity index (χ2n) is 1.99. The molecular weight excluding hydrogens is 164 g/mol. The molecule has 0 heterocycles. The van der Waals surface area contributed by atoms with Gasteiger partial charge in [-0.1, -0.05) is 41.9 Å². The largest absolute Gasteiger partial charge is 0.371 e. The molecule has 0 aliphatic rings. The van der Waals surface area contributed by atoms with Crippen molar-refractivity contribution in [2.75, 3.05) is 0 Å². The van der Waals surface area contributed by atoms with Crippen LogP contribution in [0.3, 0.4) is 0 Å². The number of ketones is 1. The van der Waals surface area contributed by atoms with E-state index in [1.807, 2.05) is 0 Å². The average molecular weight is 172 g/mol. The summed E-state index contributed by atoms with van der Waals surface area (Å²) in [5.41, 5.74) is -2.33. The molecule has 3 heteroatoms. The predicted molar refractivity (Wildman–Crippen MR) is 42.6 cm³/mol. The Kier molecular flexibility index (Phi) is 2.18. The van der Waals surface area contributed by atoms with Crippen molar-refractivity contribution in [3.8, 4) is 0 Å². The van der Waals surface area contributed by atoms with Gasteiger partial charge in [0.1, 0.15) is 0 Å². The summed E-state index contributed by atoms with van der Waals surface area (Å²) in [5.74, 6) is -0.815.